The Labute approximate surface area is 186 Å². The Hall–Kier alpha value is -1.96. The first-order valence-corrected chi connectivity index (χ1v) is 10.5. The van der Waals surface area contributed by atoms with Gasteiger partial charge in [-0.15, -0.1) is 0 Å². The summed E-state index contributed by atoms with van der Waals surface area (Å²) in [5.41, 5.74) is 6.70. The number of carbonyl (C=O) groups is 2. The second-order valence-electron chi connectivity index (χ2n) is 7.67. The van der Waals surface area contributed by atoms with E-state index < -0.39 is 23.5 Å². The average Bonchev–Trinajstić information content (AvgIpc) is 3.18. The number of benzene rings is 2. The molecular formula is C22H25Cl2N3O3. The summed E-state index contributed by atoms with van der Waals surface area (Å²) in [4.78, 5) is 27.8. The van der Waals surface area contributed by atoms with Crippen LogP contribution in [0.5, 0.6) is 0 Å². The predicted octanol–water partition coefficient (Wildman–Crippen LogP) is 3.18. The standard InChI is InChI=1S/C22H25Cl2N3O3/c1-22(8-3-9-26-22)21(30)27(13-16-11-18(24)7-6-15(16)12-25)20(29)19(28)14-4-2-5-17(23)10-14/h2,4-7,10-11,19,26,28H,3,8-9,12-13,25H2,1H3/t19-,22+/m1/s1. The number of nitrogens with zero attached hydrogens (tertiary/aromatic N) is 1. The molecule has 0 aromatic heterocycles. The molecule has 2 atom stereocenters. The molecule has 3 rings (SSSR count). The van der Waals surface area contributed by atoms with Crippen LogP contribution in [-0.4, -0.2) is 33.9 Å². The number of imide groups is 1. The Balaban J connectivity index is 1.98. The molecule has 0 spiro atoms. The molecule has 1 aliphatic heterocycles. The molecule has 8 heteroatoms. The van der Waals surface area contributed by atoms with E-state index in [2.05, 4.69) is 5.32 Å². The van der Waals surface area contributed by atoms with Gasteiger partial charge in [-0.2, -0.15) is 0 Å². The van der Waals surface area contributed by atoms with Gasteiger partial charge in [0, 0.05) is 16.6 Å². The van der Waals surface area contributed by atoms with Crippen LogP contribution in [0.15, 0.2) is 42.5 Å². The lowest BCUT2D eigenvalue weighted by molar-refractivity contribution is -0.154. The van der Waals surface area contributed by atoms with Crippen molar-refractivity contribution in [3.63, 3.8) is 0 Å². The summed E-state index contributed by atoms with van der Waals surface area (Å²) in [7, 11) is 0. The van der Waals surface area contributed by atoms with E-state index in [-0.39, 0.29) is 13.1 Å². The number of carbonyl (C=O) groups excluding carboxylic acids is 2. The third-order valence-electron chi connectivity index (χ3n) is 5.47. The van der Waals surface area contributed by atoms with Crippen LogP contribution in [0, 0.1) is 0 Å². The molecule has 30 heavy (non-hydrogen) atoms. The number of nitrogens with two attached hydrogens (primary N) is 1. The number of aliphatic hydroxyl groups is 1. The highest BCUT2D eigenvalue weighted by atomic mass is 35.5. The van der Waals surface area contributed by atoms with Crippen LogP contribution in [0.25, 0.3) is 0 Å². The summed E-state index contributed by atoms with van der Waals surface area (Å²) in [6, 6.07) is 11.6. The lowest BCUT2D eigenvalue weighted by Gasteiger charge is -2.32. The maximum atomic E-state index is 13.4. The first-order valence-electron chi connectivity index (χ1n) is 9.77. The van der Waals surface area contributed by atoms with Crippen LogP contribution < -0.4 is 11.1 Å². The van der Waals surface area contributed by atoms with Gasteiger partial charge in [0.05, 0.1) is 12.1 Å². The largest absolute Gasteiger partial charge is 0.378 e. The summed E-state index contributed by atoms with van der Waals surface area (Å²) in [6.45, 7) is 2.65. The summed E-state index contributed by atoms with van der Waals surface area (Å²) >= 11 is 12.1. The molecule has 0 aliphatic carbocycles. The SMILES string of the molecule is C[C@@]1(C(=O)N(Cc2cc(Cl)ccc2CN)C(=O)[C@H](O)c2cccc(Cl)c2)CCCN1. The molecule has 1 heterocycles. The molecule has 6 nitrogen and oxygen atoms in total. The summed E-state index contributed by atoms with van der Waals surface area (Å²) in [5, 5.41) is 14.8. The van der Waals surface area contributed by atoms with Crippen molar-refractivity contribution in [1.29, 1.82) is 0 Å². The van der Waals surface area contributed by atoms with E-state index >= 15 is 0 Å². The third kappa shape index (κ3) is 4.85. The molecule has 0 bridgehead atoms. The van der Waals surface area contributed by atoms with E-state index in [4.69, 9.17) is 28.9 Å². The first kappa shape index (κ1) is 22.7. The minimum absolute atomic E-state index is 0.0420. The molecule has 1 fully saturated rings. The van der Waals surface area contributed by atoms with Crippen LogP contribution in [0.2, 0.25) is 10.0 Å². The normalized spacial score (nSPS) is 19.5. The Kier molecular flexibility index (Phi) is 7.16. The number of hydrogen-bond donors (Lipinski definition) is 3. The Morgan fingerprint density at radius 2 is 1.93 bits per heavy atom. The summed E-state index contributed by atoms with van der Waals surface area (Å²) in [5.74, 6) is -1.12. The van der Waals surface area contributed by atoms with Gasteiger partial charge in [-0.1, -0.05) is 41.4 Å². The molecule has 0 saturated carbocycles. The third-order valence-corrected chi connectivity index (χ3v) is 5.94. The monoisotopic (exact) mass is 449 g/mol. The van der Waals surface area contributed by atoms with Crippen LogP contribution in [0.3, 0.4) is 0 Å². The topological polar surface area (TPSA) is 95.7 Å². The van der Waals surface area contributed by atoms with Crippen LogP contribution in [-0.2, 0) is 22.7 Å². The molecule has 2 amide bonds. The van der Waals surface area contributed by atoms with Gasteiger partial charge in [0.25, 0.3) is 5.91 Å². The van der Waals surface area contributed by atoms with Gasteiger partial charge < -0.3 is 16.2 Å². The fraction of sp³-hybridized carbons (Fsp3) is 0.364. The second-order valence-corrected chi connectivity index (χ2v) is 8.54. The van der Waals surface area contributed by atoms with E-state index in [9.17, 15) is 14.7 Å². The number of nitrogens with one attached hydrogen (secondary N) is 1. The van der Waals surface area contributed by atoms with Crippen molar-refractivity contribution in [1.82, 2.24) is 10.2 Å². The molecule has 160 valence electrons. The van der Waals surface area contributed by atoms with Crippen molar-refractivity contribution in [2.24, 2.45) is 5.73 Å². The van der Waals surface area contributed by atoms with Gasteiger partial charge in [-0.3, -0.25) is 14.5 Å². The molecular weight excluding hydrogens is 425 g/mol. The van der Waals surface area contributed by atoms with Gasteiger partial charge in [0.2, 0.25) is 5.91 Å². The van der Waals surface area contributed by atoms with Crippen molar-refractivity contribution in [3.8, 4) is 0 Å². The van der Waals surface area contributed by atoms with Crippen molar-refractivity contribution >= 4 is 35.0 Å². The minimum atomic E-state index is -1.53. The summed E-state index contributed by atoms with van der Waals surface area (Å²) in [6.07, 6.45) is -0.104. The average molecular weight is 450 g/mol. The number of rotatable bonds is 6. The van der Waals surface area contributed by atoms with E-state index in [0.717, 1.165) is 16.9 Å². The smallest absolute Gasteiger partial charge is 0.263 e. The number of hydrogen-bond acceptors (Lipinski definition) is 5. The maximum absolute atomic E-state index is 13.4. The summed E-state index contributed by atoms with van der Waals surface area (Å²) < 4.78 is 0. The fourth-order valence-electron chi connectivity index (χ4n) is 3.70. The van der Waals surface area contributed by atoms with E-state index in [1.54, 1.807) is 43.3 Å². The van der Waals surface area contributed by atoms with E-state index in [0.29, 0.717) is 34.1 Å². The highest BCUT2D eigenvalue weighted by molar-refractivity contribution is 6.31. The molecule has 1 aliphatic rings. The van der Waals surface area contributed by atoms with Gasteiger partial charge in [0.15, 0.2) is 6.10 Å². The molecule has 0 unspecified atom stereocenters. The molecule has 2 aromatic rings. The zero-order valence-corrected chi connectivity index (χ0v) is 18.2. The van der Waals surface area contributed by atoms with Crippen LogP contribution in [0.4, 0.5) is 0 Å². The number of halogens is 2. The zero-order valence-electron chi connectivity index (χ0n) is 16.7. The first-order chi connectivity index (χ1) is 14.2. The fourth-order valence-corrected chi connectivity index (χ4v) is 4.10. The Bertz CT molecular complexity index is 945. The minimum Gasteiger partial charge on any atom is -0.378 e. The van der Waals surface area contributed by atoms with Gasteiger partial charge >= 0.3 is 0 Å². The Morgan fingerprint density at radius 1 is 1.20 bits per heavy atom. The van der Waals surface area contributed by atoms with Gasteiger partial charge in [0.1, 0.15) is 0 Å². The maximum Gasteiger partial charge on any atom is 0.263 e. The van der Waals surface area contributed by atoms with Crippen molar-refractivity contribution in [3.05, 3.63) is 69.2 Å². The number of amides is 2. The van der Waals surface area contributed by atoms with Crippen molar-refractivity contribution < 1.29 is 14.7 Å². The lowest BCUT2D eigenvalue weighted by atomic mass is 9.96. The number of aliphatic hydroxyl groups excluding tert-OH is 1. The van der Waals surface area contributed by atoms with Gasteiger partial charge in [-0.05, 0) is 67.3 Å². The highest BCUT2D eigenvalue weighted by Crippen LogP contribution is 2.27. The lowest BCUT2D eigenvalue weighted by Crippen LogP contribution is -2.55. The Morgan fingerprint density at radius 3 is 2.57 bits per heavy atom. The van der Waals surface area contributed by atoms with Crippen LogP contribution >= 0.6 is 23.2 Å². The molecule has 0 radical (unpaired) electrons. The van der Waals surface area contributed by atoms with E-state index in [1.807, 2.05) is 0 Å². The van der Waals surface area contributed by atoms with Gasteiger partial charge in [-0.25, -0.2) is 0 Å². The van der Waals surface area contributed by atoms with E-state index in [1.165, 1.54) is 6.07 Å². The predicted molar refractivity (Wildman–Crippen MR) is 117 cm³/mol. The van der Waals surface area contributed by atoms with Crippen molar-refractivity contribution in [2.75, 3.05) is 6.54 Å². The van der Waals surface area contributed by atoms with Crippen LogP contribution in [0.1, 0.15) is 42.6 Å². The zero-order chi connectivity index (χ0) is 21.9. The molecule has 4 N–H and O–H groups in total. The quantitative estimate of drug-likeness (QED) is 0.629. The molecule has 2 aromatic carbocycles. The highest BCUT2D eigenvalue weighted by Gasteiger charge is 2.42. The molecule has 1 saturated heterocycles. The van der Waals surface area contributed by atoms with Crippen molar-refractivity contribution in [2.45, 2.75) is 44.5 Å². The second kappa shape index (κ2) is 9.45.